The van der Waals surface area contributed by atoms with E-state index in [2.05, 4.69) is 45.9 Å². The van der Waals surface area contributed by atoms with Crippen LogP contribution in [0.3, 0.4) is 0 Å². The van der Waals surface area contributed by atoms with Crippen molar-refractivity contribution in [2.75, 3.05) is 18.4 Å². The van der Waals surface area contributed by atoms with Crippen molar-refractivity contribution in [3.05, 3.63) is 88.1 Å². The lowest BCUT2D eigenvalue weighted by atomic mass is 9.93. The van der Waals surface area contributed by atoms with Crippen LogP contribution in [0.5, 0.6) is 0 Å². The fourth-order valence-corrected chi connectivity index (χ4v) is 4.37. The highest BCUT2D eigenvalue weighted by Crippen LogP contribution is 2.37. The van der Waals surface area contributed by atoms with Gasteiger partial charge in [0.2, 0.25) is 5.91 Å². The van der Waals surface area contributed by atoms with Gasteiger partial charge in [0.15, 0.2) is 0 Å². The molecule has 3 nitrogen and oxygen atoms in total. The summed E-state index contributed by atoms with van der Waals surface area (Å²) in [6, 6.07) is 22.5. The highest BCUT2D eigenvalue weighted by Gasteiger charge is 2.30. The van der Waals surface area contributed by atoms with E-state index < -0.39 is 0 Å². The average Bonchev–Trinajstić information content (AvgIpc) is 3.11. The number of nitrogens with one attached hydrogen (secondary N) is 1. The SMILES string of the molecule is O=C(CN1CCc2sccc2[C@H]1c1ccccc1)Nc1ccccc1. The molecule has 0 bridgehead atoms. The van der Waals surface area contributed by atoms with E-state index in [4.69, 9.17) is 0 Å². The molecule has 25 heavy (non-hydrogen) atoms. The molecule has 1 N–H and O–H groups in total. The first-order valence-electron chi connectivity index (χ1n) is 8.51. The smallest absolute Gasteiger partial charge is 0.238 e. The molecule has 4 heteroatoms. The molecule has 1 amide bonds. The minimum absolute atomic E-state index is 0.0332. The van der Waals surface area contributed by atoms with Crippen molar-refractivity contribution < 1.29 is 4.79 Å². The van der Waals surface area contributed by atoms with Gasteiger partial charge in [-0.15, -0.1) is 11.3 Å². The molecule has 0 spiro atoms. The zero-order valence-corrected chi connectivity index (χ0v) is 14.7. The molecule has 0 fully saturated rings. The third-order valence-electron chi connectivity index (χ3n) is 4.59. The van der Waals surface area contributed by atoms with Gasteiger partial charge in [-0.3, -0.25) is 9.69 Å². The minimum Gasteiger partial charge on any atom is -0.325 e. The van der Waals surface area contributed by atoms with Gasteiger partial charge in [-0.1, -0.05) is 48.5 Å². The number of hydrogen-bond donors (Lipinski definition) is 1. The van der Waals surface area contributed by atoms with Crippen LogP contribution in [0.1, 0.15) is 22.0 Å². The lowest BCUT2D eigenvalue weighted by Gasteiger charge is -2.35. The maximum Gasteiger partial charge on any atom is 0.238 e. The molecule has 0 aliphatic carbocycles. The normalized spacial score (nSPS) is 17.0. The first-order valence-corrected chi connectivity index (χ1v) is 9.39. The first kappa shape index (κ1) is 16.1. The molecule has 1 aliphatic heterocycles. The van der Waals surface area contributed by atoms with Gasteiger partial charge in [0.25, 0.3) is 0 Å². The van der Waals surface area contributed by atoms with Gasteiger partial charge in [0, 0.05) is 17.1 Å². The Morgan fingerprint density at radius 3 is 2.52 bits per heavy atom. The van der Waals surface area contributed by atoms with Crippen LogP contribution in [0.2, 0.25) is 0 Å². The molecular weight excluding hydrogens is 328 g/mol. The molecule has 1 aromatic heterocycles. The van der Waals surface area contributed by atoms with Crippen LogP contribution < -0.4 is 5.32 Å². The fraction of sp³-hybridized carbons (Fsp3) is 0.190. The lowest BCUT2D eigenvalue weighted by Crippen LogP contribution is -2.40. The lowest BCUT2D eigenvalue weighted by molar-refractivity contribution is -0.117. The standard InChI is InChI=1S/C21H20N2OS/c24-20(22-17-9-5-2-6-10-17)15-23-13-11-19-18(12-14-25-19)21(23)16-7-3-1-4-8-16/h1-10,12,14,21H,11,13,15H2,(H,22,24)/t21-/m1/s1. The third kappa shape index (κ3) is 3.50. The zero-order valence-electron chi connectivity index (χ0n) is 13.9. The number of thiophene rings is 1. The quantitative estimate of drug-likeness (QED) is 0.761. The summed E-state index contributed by atoms with van der Waals surface area (Å²) in [5.41, 5.74) is 3.43. The third-order valence-corrected chi connectivity index (χ3v) is 5.58. The van der Waals surface area contributed by atoms with Crippen LogP contribution >= 0.6 is 11.3 Å². The molecule has 2 aromatic carbocycles. The van der Waals surface area contributed by atoms with E-state index in [1.807, 2.05) is 47.7 Å². The molecule has 3 aromatic rings. The van der Waals surface area contributed by atoms with Gasteiger partial charge >= 0.3 is 0 Å². The summed E-state index contributed by atoms with van der Waals surface area (Å²) in [6.07, 6.45) is 1.01. The van der Waals surface area contributed by atoms with Gasteiger partial charge < -0.3 is 5.32 Å². The highest BCUT2D eigenvalue weighted by atomic mass is 32.1. The molecule has 0 unspecified atom stereocenters. The summed E-state index contributed by atoms with van der Waals surface area (Å²) in [5.74, 6) is 0.0332. The number of benzene rings is 2. The van der Waals surface area contributed by atoms with E-state index in [1.165, 1.54) is 16.0 Å². The second kappa shape index (κ2) is 7.21. The summed E-state index contributed by atoms with van der Waals surface area (Å²) in [7, 11) is 0. The van der Waals surface area contributed by atoms with Gasteiger partial charge in [0.05, 0.1) is 12.6 Å². The Hall–Kier alpha value is -2.43. The number of carbonyl (C=O) groups excluding carboxylic acids is 1. The van der Waals surface area contributed by atoms with Crippen molar-refractivity contribution >= 4 is 22.9 Å². The van der Waals surface area contributed by atoms with Crippen LogP contribution in [0.4, 0.5) is 5.69 Å². The van der Waals surface area contributed by atoms with Gasteiger partial charge in [-0.05, 0) is 41.1 Å². The average molecular weight is 348 g/mol. The Morgan fingerprint density at radius 2 is 1.76 bits per heavy atom. The molecule has 1 aliphatic rings. The van der Waals surface area contributed by atoms with Crippen LogP contribution in [-0.2, 0) is 11.2 Å². The van der Waals surface area contributed by atoms with Crippen molar-refractivity contribution in [2.45, 2.75) is 12.5 Å². The largest absolute Gasteiger partial charge is 0.325 e. The second-order valence-corrected chi connectivity index (χ2v) is 7.25. The summed E-state index contributed by atoms with van der Waals surface area (Å²) in [5, 5.41) is 5.16. The maximum absolute atomic E-state index is 12.6. The summed E-state index contributed by atoms with van der Waals surface area (Å²) < 4.78 is 0. The Bertz CT molecular complexity index is 845. The molecule has 0 radical (unpaired) electrons. The highest BCUT2D eigenvalue weighted by molar-refractivity contribution is 7.10. The number of fused-ring (bicyclic) bond motifs is 1. The van der Waals surface area contributed by atoms with Crippen LogP contribution in [-0.4, -0.2) is 23.9 Å². The number of para-hydroxylation sites is 1. The van der Waals surface area contributed by atoms with Gasteiger partial charge in [0.1, 0.15) is 0 Å². The molecule has 1 atom stereocenters. The van der Waals surface area contributed by atoms with E-state index in [9.17, 15) is 4.79 Å². The van der Waals surface area contributed by atoms with Crippen LogP contribution in [0.25, 0.3) is 0 Å². The van der Waals surface area contributed by atoms with Crippen molar-refractivity contribution in [1.29, 1.82) is 0 Å². The summed E-state index contributed by atoms with van der Waals surface area (Å²) in [6.45, 7) is 1.29. The first-order chi connectivity index (χ1) is 12.3. The predicted octanol–water partition coefficient (Wildman–Crippen LogP) is 4.33. The van der Waals surface area contributed by atoms with Crippen LogP contribution in [0, 0.1) is 0 Å². The Balaban J connectivity index is 1.57. The summed E-state index contributed by atoms with van der Waals surface area (Å²) in [4.78, 5) is 16.3. The molecule has 2 heterocycles. The second-order valence-electron chi connectivity index (χ2n) is 6.25. The van der Waals surface area contributed by atoms with E-state index >= 15 is 0 Å². The van der Waals surface area contributed by atoms with Crippen molar-refractivity contribution in [2.24, 2.45) is 0 Å². The predicted molar refractivity (Wildman–Crippen MR) is 103 cm³/mol. The van der Waals surface area contributed by atoms with Gasteiger partial charge in [-0.2, -0.15) is 0 Å². The number of amides is 1. The Morgan fingerprint density at radius 1 is 1.04 bits per heavy atom. The topological polar surface area (TPSA) is 32.3 Å². The number of nitrogens with zero attached hydrogens (tertiary/aromatic N) is 1. The fourth-order valence-electron chi connectivity index (χ4n) is 3.47. The van der Waals surface area contributed by atoms with E-state index in [-0.39, 0.29) is 11.9 Å². The number of anilines is 1. The monoisotopic (exact) mass is 348 g/mol. The maximum atomic E-state index is 12.6. The van der Waals surface area contributed by atoms with E-state index in [0.717, 1.165) is 18.7 Å². The van der Waals surface area contributed by atoms with Crippen molar-refractivity contribution in [3.63, 3.8) is 0 Å². The Labute approximate surface area is 151 Å². The van der Waals surface area contributed by atoms with Crippen molar-refractivity contribution in [1.82, 2.24) is 4.90 Å². The number of hydrogen-bond acceptors (Lipinski definition) is 3. The van der Waals surface area contributed by atoms with Crippen LogP contribution in [0.15, 0.2) is 72.1 Å². The van der Waals surface area contributed by atoms with Crippen molar-refractivity contribution in [3.8, 4) is 0 Å². The molecule has 4 rings (SSSR count). The summed E-state index contributed by atoms with van der Waals surface area (Å²) >= 11 is 1.82. The number of carbonyl (C=O) groups is 1. The minimum atomic E-state index is 0.0332. The Kier molecular flexibility index (Phi) is 4.63. The molecule has 0 saturated heterocycles. The molecular formula is C21H20N2OS. The van der Waals surface area contributed by atoms with E-state index in [0.29, 0.717) is 6.54 Å². The molecule has 126 valence electrons. The zero-order chi connectivity index (χ0) is 17.1. The van der Waals surface area contributed by atoms with E-state index in [1.54, 1.807) is 0 Å². The molecule has 0 saturated carbocycles. The number of rotatable bonds is 4. The van der Waals surface area contributed by atoms with Gasteiger partial charge in [-0.25, -0.2) is 0 Å².